The molecular formula is C29H26N4O6S. The molecule has 0 atom stereocenters. The number of carbonyl (C=O) groups excluding carboxylic acids is 1. The molecule has 0 aliphatic rings. The highest BCUT2D eigenvalue weighted by Gasteiger charge is 2.31. The van der Waals surface area contributed by atoms with Gasteiger partial charge in [0, 0.05) is 6.07 Å². The van der Waals surface area contributed by atoms with Gasteiger partial charge in [-0.25, -0.2) is 18.1 Å². The molecule has 0 aliphatic heterocycles. The summed E-state index contributed by atoms with van der Waals surface area (Å²) < 4.78 is 33.3. The summed E-state index contributed by atoms with van der Waals surface area (Å²) in [6, 6.07) is 27.8. The van der Waals surface area contributed by atoms with Crippen LogP contribution in [-0.2, 0) is 21.4 Å². The lowest BCUT2D eigenvalue weighted by Gasteiger charge is -2.23. The lowest BCUT2D eigenvalue weighted by molar-refractivity contribution is -0.384. The summed E-state index contributed by atoms with van der Waals surface area (Å²) in [7, 11) is -4.31. The average Bonchev–Trinajstić information content (AvgIpc) is 2.96. The number of amides is 1. The number of nitro groups is 1. The predicted octanol–water partition coefficient (Wildman–Crippen LogP) is 4.83. The van der Waals surface area contributed by atoms with E-state index in [0.29, 0.717) is 22.2 Å². The Bertz CT molecular complexity index is 1610. The molecule has 0 fully saturated rings. The minimum absolute atomic E-state index is 0.117. The van der Waals surface area contributed by atoms with Crippen LogP contribution in [0.4, 0.5) is 11.4 Å². The minimum Gasteiger partial charge on any atom is -0.489 e. The number of nitrogens with zero attached hydrogens (tertiary/aromatic N) is 3. The molecule has 0 heterocycles. The van der Waals surface area contributed by atoms with Crippen LogP contribution in [0.15, 0.2) is 113 Å². The maximum Gasteiger partial charge on any atom is 0.293 e. The van der Waals surface area contributed by atoms with E-state index in [1.165, 1.54) is 60.3 Å². The number of nitrogens with one attached hydrogen (secondary N) is 1. The topological polar surface area (TPSA) is 131 Å². The first kappa shape index (κ1) is 28.0. The van der Waals surface area contributed by atoms with Crippen molar-refractivity contribution >= 4 is 33.5 Å². The van der Waals surface area contributed by atoms with Gasteiger partial charge in [-0.2, -0.15) is 5.10 Å². The van der Waals surface area contributed by atoms with Crippen LogP contribution in [0, 0.1) is 17.0 Å². The number of sulfonamides is 1. The van der Waals surface area contributed by atoms with E-state index < -0.39 is 33.1 Å². The van der Waals surface area contributed by atoms with Crippen LogP contribution in [0.2, 0.25) is 0 Å². The van der Waals surface area contributed by atoms with Crippen LogP contribution < -0.4 is 14.5 Å². The average molecular weight is 559 g/mol. The Morgan fingerprint density at radius 3 is 2.27 bits per heavy atom. The molecule has 10 nitrogen and oxygen atoms in total. The van der Waals surface area contributed by atoms with Gasteiger partial charge in [0.05, 0.1) is 16.0 Å². The Morgan fingerprint density at radius 2 is 1.60 bits per heavy atom. The van der Waals surface area contributed by atoms with Crippen molar-refractivity contribution < 1.29 is 22.9 Å². The van der Waals surface area contributed by atoms with Crippen molar-refractivity contribution in [3.63, 3.8) is 0 Å². The Morgan fingerprint density at radius 1 is 0.950 bits per heavy atom. The Labute approximate surface area is 231 Å². The zero-order chi connectivity index (χ0) is 28.5. The molecule has 0 aromatic heterocycles. The van der Waals surface area contributed by atoms with Crippen LogP contribution in [0.25, 0.3) is 0 Å². The molecule has 11 heteroatoms. The predicted molar refractivity (Wildman–Crippen MR) is 152 cm³/mol. The quantitative estimate of drug-likeness (QED) is 0.159. The van der Waals surface area contributed by atoms with Crippen molar-refractivity contribution in [3.8, 4) is 5.75 Å². The number of benzene rings is 4. The van der Waals surface area contributed by atoms with Crippen molar-refractivity contribution in [1.29, 1.82) is 0 Å². The molecule has 0 bridgehead atoms. The number of nitro benzene ring substituents is 1. The molecule has 0 spiro atoms. The summed E-state index contributed by atoms with van der Waals surface area (Å²) in [5.41, 5.74) is 4.48. The van der Waals surface area contributed by atoms with E-state index in [1.807, 2.05) is 31.2 Å². The summed E-state index contributed by atoms with van der Waals surface area (Å²) in [4.78, 5) is 23.5. The first-order chi connectivity index (χ1) is 19.2. The third-order valence-corrected chi connectivity index (χ3v) is 7.55. The van der Waals surface area contributed by atoms with Gasteiger partial charge >= 0.3 is 0 Å². The molecule has 40 heavy (non-hydrogen) atoms. The maximum absolute atomic E-state index is 13.4. The van der Waals surface area contributed by atoms with Crippen molar-refractivity contribution in [2.24, 2.45) is 5.10 Å². The fourth-order valence-electron chi connectivity index (χ4n) is 3.69. The van der Waals surface area contributed by atoms with E-state index in [4.69, 9.17) is 4.74 Å². The second-order valence-electron chi connectivity index (χ2n) is 8.71. The maximum atomic E-state index is 13.4. The number of anilines is 1. The number of ether oxygens (including phenoxy) is 1. The fourth-order valence-corrected chi connectivity index (χ4v) is 5.15. The zero-order valence-corrected chi connectivity index (χ0v) is 22.3. The van der Waals surface area contributed by atoms with Gasteiger partial charge in [-0.05, 0) is 60.5 Å². The Balaban J connectivity index is 1.44. The molecule has 0 radical (unpaired) electrons. The fraction of sp³-hybridized carbons (Fsp3) is 0.103. The van der Waals surface area contributed by atoms with Gasteiger partial charge in [0.2, 0.25) is 0 Å². The van der Waals surface area contributed by atoms with Crippen LogP contribution >= 0.6 is 0 Å². The first-order valence-electron chi connectivity index (χ1n) is 12.2. The summed E-state index contributed by atoms with van der Waals surface area (Å²) in [5.74, 6) is -0.125. The van der Waals surface area contributed by atoms with E-state index in [2.05, 4.69) is 10.5 Å². The van der Waals surface area contributed by atoms with Crippen LogP contribution in [0.3, 0.4) is 0 Å². The smallest absolute Gasteiger partial charge is 0.293 e. The second kappa shape index (κ2) is 12.7. The van der Waals surface area contributed by atoms with Gasteiger partial charge in [-0.3, -0.25) is 14.9 Å². The number of hydrogen-bond donors (Lipinski definition) is 1. The number of carbonyl (C=O) groups is 1. The summed E-state index contributed by atoms with van der Waals surface area (Å²) in [6.07, 6.45) is 1.39. The molecule has 0 saturated carbocycles. The number of hydrogen-bond acceptors (Lipinski definition) is 7. The molecule has 0 aliphatic carbocycles. The van der Waals surface area contributed by atoms with E-state index in [0.717, 1.165) is 5.56 Å². The molecule has 1 N–H and O–H groups in total. The highest BCUT2D eigenvalue weighted by Crippen LogP contribution is 2.31. The van der Waals surface area contributed by atoms with Crippen LogP contribution in [0.5, 0.6) is 5.75 Å². The number of aryl methyl sites for hydroxylation is 1. The SMILES string of the molecule is Cc1ccc(COc2ccc(/C=N\NC(=O)CN(c3ccccc3[N+](=O)[O-])S(=O)(=O)c3ccccc3)cc2)cc1. The molecule has 0 saturated heterocycles. The van der Waals surface area contributed by atoms with Crippen LogP contribution in [0.1, 0.15) is 16.7 Å². The lowest BCUT2D eigenvalue weighted by Crippen LogP contribution is -2.39. The summed E-state index contributed by atoms with van der Waals surface area (Å²) in [5, 5.41) is 15.5. The summed E-state index contributed by atoms with van der Waals surface area (Å²) in [6.45, 7) is 1.71. The standard InChI is InChI=1S/C29H26N4O6S/c1-22-11-13-24(14-12-22)21-39-25-17-15-23(16-18-25)19-30-31-29(34)20-32(27-9-5-6-10-28(27)33(35)36)40(37,38)26-7-3-2-4-8-26/h2-19H,20-21H2,1H3,(H,31,34)/b30-19-. The van der Waals surface area contributed by atoms with Gasteiger partial charge in [0.15, 0.2) is 0 Å². The number of para-hydroxylation sites is 2. The molecule has 204 valence electrons. The molecule has 1 amide bonds. The molecule has 4 rings (SSSR count). The third kappa shape index (κ3) is 7.08. The first-order valence-corrected chi connectivity index (χ1v) is 13.6. The zero-order valence-electron chi connectivity index (χ0n) is 21.5. The van der Waals surface area contributed by atoms with Gasteiger partial charge in [0.1, 0.15) is 24.6 Å². The van der Waals surface area contributed by atoms with Gasteiger partial charge < -0.3 is 4.74 Å². The van der Waals surface area contributed by atoms with E-state index in [9.17, 15) is 23.3 Å². The molecule has 4 aromatic rings. The van der Waals surface area contributed by atoms with E-state index in [1.54, 1.807) is 30.3 Å². The second-order valence-corrected chi connectivity index (χ2v) is 10.6. The van der Waals surface area contributed by atoms with Crippen molar-refractivity contribution in [2.75, 3.05) is 10.8 Å². The van der Waals surface area contributed by atoms with Gasteiger partial charge in [0.25, 0.3) is 21.6 Å². The largest absolute Gasteiger partial charge is 0.489 e. The molecule has 4 aromatic carbocycles. The highest BCUT2D eigenvalue weighted by molar-refractivity contribution is 7.92. The van der Waals surface area contributed by atoms with E-state index in [-0.39, 0.29) is 10.6 Å². The van der Waals surface area contributed by atoms with E-state index >= 15 is 0 Å². The Hall–Kier alpha value is -5.03. The van der Waals surface area contributed by atoms with Crippen LogP contribution in [-0.4, -0.2) is 32.0 Å². The number of rotatable bonds is 11. The number of hydrazone groups is 1. The molecular weight excluding hydrogens is 532 g/mol. The summed E-state index contributed by atoms with van der Waals surface area (Å²) >= 11 is 0. The highest BCUT2D eigenvalue weighted by atomic mass is 32.2. The lowest BCUT2D eigenvalue weighted by atomic mass is 10.2. The van der Waals surface area contributed by atoms with Gasteiger partial charge in [-0.15, -0.1) is 0 Å². The van der Waals surface area contributed by atoms with Crippen molar-refractivity contribution in [1.82, 2.24) is 5.43 Å². The normalized spacial score (nSPS) is 11.2. The van der Waals surface area contributed by atoms with Gasteiger partial charge in [-0.1, -0.05) is 60.2 Å². The minimum atomic E-state index is -4.31. The van der Waals surface area contributed by atoms with Crippen molar-refractivity contribution in [2.45, 2.75) is 18.4 Å². The molecule has 0 unspecified atom stereocenters. The third-order valence-electron chi connectivity index (χ3n) is 5.77. The Kier molecular flexibility index (Phi) is 8.87. The monoisotopic (exact) mass is 558 g/mol. The van der Waals surface area contributed by atoms with Crippen molar-refractivity contribution in [3.05, 3.63) is 130 Å².